The van der Waals surface area contributed by atoms with Crippen molar-refractivity contribution in [2.45, 2.75) is 45.8 Å². The van der Waals surface area contributed by atoms with Crippen molar-refractivity contribution in [3.63, 3.8) is 0 Å². The Morgan fingerprint density at radius 1 is 1.19 bits per heavy atom. The van der Waals surface area contributed by atoms with E-state index in [1.807, 2.05) is 36.9 Å². The van der Waals surface area contributed by atoms with Crippen molar-refractivity contribution in [2.75, 3.05) is 13.1 Å². The third-order valence-corrected chi connectivity index (χ3v) is 6.56. The van der Waals surface area contributed by atoms with Crippen LogP contribution in [0.4, 0.5) is 4.39 Å². The first-order valence-electron chi connectivity index (χ1n) is 12.4. The number of carbonyl (C=O) groups excluding carboxylic acids is 2. The molecular weight excluding hydrogens is 461 g/mol. The predicted octanol–water partition coefficient (Wildman–Crippen LogP) is 4.66. The molecule has 1 saturated carbocycles. The molecule has 1 aliphatic heterocycles. The normalized spacial score (nSPS) is 17.1. The van der Waals surface area contributed by atoms with E-state index in [4.69, 9.17) is 9.15 Å². The molecule has 1 aliphatic carbocycles. The monoisotopic (exact) mass is 491 g/mol. The van der Waals surface area contributed by atoms with Crippen molar-refractivity contribution in [1.29, 1.82) is 0 Å². The lowest BCUT2D eigenvalue weighted by Crippen LogP contribution is -2.41. The number of hydrogen-bond donors (Lipinski definition) is 1. The van der Waals surface area contributed by atoms with Gasteiger partial charge in [-0.1, -0.05) is 32.0 Å². The molecule has 0 bridgehead atoms. The second-order valence-electron chi connectivity index (χ2n) is 9.89. The molecule has 188 valence electrons. The van der Waals surface area contributed by atoms with E-state index in [1.165, 1.54) is 18.4 Å². The Balaban J connectivity index is 1.35. The van der Waals surface area contributed by atoms with Crippen LogP contribution in [0.15, 0.2) is 53.1 Å². The van der Waals surface area contributed by atoms with Crippen LogP contribution in [0.2, 0.25) is 0 Å². The Morgan fingerprint density at radius 2 is 1.97 bits per heavy atom. The number of hydrogen-bond acceptors (Lipinski definition) is 5. The highest BCUT2D eigenvalue weighted by Gasteiger charge is 2.39. The maximum absolute atomic E-state index is 13.7. The molecule has 0 spiro atoms. The van der Waals surface area contributed by atoms with Crippen molar-refractivity contribution < 1.29 is 23.1 Å². The highest BCUT2D eigenvalue weighted by atomic mass is 19.1. The van der Waals surface area contributed by atoms with Crippen LogP contribution in [-0.2, 0) is 17.8 Å². The summed E-state index contributed by atoms with van der Waals surface area (Å²) in [5, 5.41) is 2.81. The van der Waals surface area contributed by atoms with Crippen LogP contribution < -0.4 is 10.1 Å². The molecule has 7 nitrogen and oxygen atoms in total. The number of nitrogens with zero attached hydrogens (tertiary/aromatic N) is 2. The molecule has 1 fully saturated rings. The summed E-state index contributed by atoms with van der Waals surface area (Å²) in [7, 11) is 0. The number of ether oxygens (including phenoxy) is 1. The van der Waals surface area contributed by atoms with Gasteiger partial charge in [-0.05, 0) is 66.1 Å². The van der Waals surface area contributed by atoms with E-state index in [0.717, 1.165) is 36.0 Å². The van der Waals surface area contributed by atoms with E-state index in [2.05, 4.69) is 10.3 Å². The standard InChI is InChI=1S/C28H30FN3O4/c1-17(2)14-30-27(33)24-15-36-25(31-24)16-35-22-10-7-18-11-12-32(28(34)20-3-4-20)26(23(18)13-22)19-5-8-21(29)9-6-19/h5-10,13,15,17,20,26H,3-4,11-12,14,16H2,1-2H3,(H,30,33). The molecule has 2 amide bonds. The largest absolute Gasteiger partial charge is 0.484 e. The number of halogens is 1. The van der Waals surface area contributed by atoms with Gasteiger partial charge in [0.1, 0.15) is 17.8 Å². The van der Waals surface area contributed by atoms with Gasteiger partial charge in [0.25, 0.3) is 5.91 Å². The van der Waals surface area contributed by atoms with Gasteiger partial charge in [-0.2, -0.15) is 0 Å². The fourth-order valence-electron chi connectivity index (χ4n) is 4.50. The average Bonchev–Trinajstić information content (AvgIpc) is 3.62. The number of fused-ring (bicyclic) bond motifs is 1. The lowest BCUT2D eigenvalue weighted by Gasteiger charge is -2.38. The number of carbonyl (C=O) groups is 2. The zero-order valence-electron chi connectivity index (χ0n) is 20.5. The summed E-state index contributed by atoms with van der Waals surface area (Å²) in [6, 6.07) is 11.9. The van der Waals surface area contributed by atoms with E-state index >= 15 is 0 Å². The molecule has 1 aromatic heterocycles. The van der Waals surface area contributed by atoms with E-state index in [0.29, 0.717) is 30.6 Å². The van der Waals surface area contributed by atoms with Gasteiger partial charge in [0.2, 0.25) is 11.8 Å². The molecule has 2 aliphatic rings. The first kappa shape index (κ1) is 24.0. The Bertz CT molecular complexity index is 1250. The summed E-state index contributed by atoms with van der Waals surface area (Å²) in [5.74, 6) is 0.885. The molecule has 2 heterocycles. The summed E-state index contributed by atoms with van der Waals surface area (Å²) < 4.78 is 25.0. The van der Waals surface area contributed by atoms with Crippen molar-refractivity contribution >= 4 is 11.8 Å². The van der Waals surface area contributed by atoms with Crippen LogP contribution in [0.3, 0.4) is 0 Å². The van der Waals surface area contributed by atoms with Gasteiger partial charge in [0.05, 0.1) is 6.04 Å². The first-order valence-corrected chi connectivity index (χ1v) is 12.4. The minimum absolute atomic E-state index is 0.0577. The molecule has 1 N–H and O–H groups in total. The number of amides is 2. The zero-order valence-corrected chi connectivity index (χ0v) is 20.5. The summed E-state index contributed by atoms with van der Waals surface area (Å²) in [5.41, 5.74) is 3.19. The molecule has 1 unspecified atom stereocenters. The maximum Gasteiger partial charge on any atom is 0.273 e. The van der Waals surface area contributed by atoms with Gasteiger partial charge in [0.15, 0.2) is 12.3 Å². The van der Waals surface area contributed by atoms with Gasteiger partial charge < -0.3 is 19.4 Å². The molecule has 0 saturated heterocycles. The lowest BCUT2D eigenvalue weighted by atomic mass is 9.87. The number of oxazole rings is 1. The quantitative estimate of drug-likeness (QED) is 0.495. The summed E-state index contributed by atoms with van der Waals surface area (Å²) in [4.78, 5) is 31.5. The second kappa shape index (κ2) is 10.1. The SMILES string of the molecule is CC(C)CNC(=O)c1coc(COc2ccc3c(c2)C(c2ccc(F)cc2)N(C(=O)C2CC2)CC3)n1. The zero-order chi connectivity index (χ0) is 25.2. The third kappa shape index (κ3) is 5.27. The van der Waals surface area contributed by atoms with Gasteiger partial charge >= 0.3 is 0 Å². The Labute approximate surface area is 209 Å². The smallest absolute Gasteiger partial charge is 0.273 e. The Morgan fingerprint density at radius 3 is 2.69 bits per heavy atom. The highest BCUT2D eigenvalue weighted by molar-refractivity contribution is 5.91. The molecule has 2 aromatic carbocycles. The molecule has 5 rings (SSSR count). The van der Waals surface area contributed by atoms with E-state index < -0.39 is 0 Å². The number of benzene rings is 2. The van der Waals surface area contributed by atoms with Crippen molar-refractivity contribution in [1.82, 2.24) is 15.2 Å². The van der Waals surface area contributed by atoms with Crippen molar-refractivity contribution in [3.05, 3.63) is 82.8 Å². The van der Waals surface area contributed by atoms with E-state index in [1.54, 1.807) is 12.1 Å². The number of nitrogens with one attached hydrogen (secondary N) is 1. The average molecular weight is 492 g/mol. The maximum atomic E-state index is 13.7. The van der Waals surface area contributed by atoms with Crippen LogP contribution in [0.25, 0.3) is 0 Å². The molecule has 1 atom stereocenters. The topological polar surface area (TPSA) is 84.7 Å². The summed E-state index contributed by atoms with van der Waals surface area (Å²) in [6.07, 6.45) is 3.93. The fraction of sp³-hybridized carbons (Fsp3) is 0.393. The lowest BCUT2D eigenvalue weighted by molar-refractivity contribution is -0.134. The Kier molecular flexibility index (Phi) is 6.76. The molecule has 3 aromatic rings. The van der Waals surface area contributed by atoms with Crippen LogP contribution in [-0.4, -0.2) is 34.8 Å². The second-order valence-corrected chi connectivity index (χ2v) is 9.89. The van der Waals surface area contributed by atoms with Crippen LogP contribution in [0, 0.1) is 17.7 Å². The van der Waals surface area contributed by atoms with E-state index in [-0.39, 0.29) is 41.9 Å². The molecular formula is C28H30FN3O4. The fourth-order valence-corrected chi connectivity index (χ4v) is 4.50. The minimum atomic E-state index is -0.310. The van der Waals surface area contributed by atoms with Crippen molar-refractivity contribution in [3.8, 4) is 5.75 Å². The first-order chi connectivity index (χ1) is 17.4. The Hall–Kier alpha value is -3.68. The van der Waals surface area contributed by atoms with Crippen LogP contribution in [0.1, 0.15) is 65.8 Å². The summed E-state index contributed by atoms with van der Waals surface area (Å²) >= 11 is 0. The van der Waals surface area contributed by atoms with Gasteiger partial charge in [-0.3, -0.25) is 9.59 Å². The number of aromatic nitrogens is 1. The molecule has 8 heteroatoms. The van der Waals surface area contributed by atoms with Gasteiger partial charge in [-0.15, -0.1) is 0 Å². The van der Waals surface area contributed by atoms with Crippen LogP contribution >= 0.6 is 0 Å². The van der Waals surface area contributed by atoms with Gasteiger partial charge in [-0.25, -0.2) is 9.37 Å². The van der Waals surface area contributed by atoms with Crippen LogP contribution in [0.5, 0.6) is 5.75 Å². The summed E-state index contributed by atoms with van der Waals surface area (Å²) in [6.45, 7) is 5.28. The number of rotatable bonds is 8. The van der Waals surface area contributed by atoms with Gasteiger partial charge in [0, 0.05) is 19.0 Å². The third-order valence-electron chi connectivity index (χ3n) is 6.56. The minimum Gasteiger partial charge on any atom is -0.484 e. The molecule has 36 heavy (non-hydrogen) atoms. The predicted molar refractivity (Wildman–Crippen MR) is 131 cm³/mol. The molecule has 0 radical (unpaired) electrons. The highest BCUT2D eigenvalue weighted by Crippen LogP contribution is 2.41. The van der Waals surface area contributed by atoms with Crippen molar-refractivity contribution in [2.24, 2.45) is 11.8 Å². The van der Waals surface area contributed by atoms with E-state index in [9.17, 15) is 14.0 Å².